The summed E-state index contributed by atoms with van der Waals surface area (Å²) in [6.45, 7) is 2.40. The number of rotatable bonds is 7. The summed E-state index contributed by atoms with van der Waals surface area (Å²) in [6, 6.07) is 13.0. The third-order valence-electron chi connectivity index (χ3n) is 5.45. The number of fused-ring (bicyclic) bond motifs is 1. The van der Waals surface area contributed by atoms with Gasteiger partial charge in [0, 0.05) is 30.2 Å². The summed E-state index contributed by atoms with van der Waals surface area (Å²) < 4.78 is 12.8. The van der Waals surface area contributed by atoms with Crippen molar-refractivity contribution in [2.45, 2.75) is 30.2 Å². The highest BCUT2D eigenvalue weighted by Crippen LogP contribution is 2.39. The maximum Gasteiger partial charge on any atom is 0.279 e. The van der Waals surface area contributed by atoms with Gasteiger partial charge in [-0.15, -0.1) is 0 Å². The van der Waals surface area contributed by atoms with Gasteiger partial charge in [-0.25, -0.2) is 0 Å². The first-order valence-corrected chi connectivity index (χ1v) is 11.9. The molecule has 1 aliphatic rings. The first-order valence-electron chi connectivity index (χ1n) is 10.5. The number of thioether (sulfide) groups is 1. The molecule has 0 spiro atoms. The van der Waals surface area contributed by atoms with Crippen LogP contribution < -0.4 is 20.3 Å². The number of amides is 1. The van der Waals surface area contributed by atoms with E-state index in [2.05, 4.69) is 10.3 Å². The van der Waals surface area contributed by atoms with Crippen LogP contribution in [-0.4, -0.2) is 29.2 Å². The van der Waals surface area contributed by atoms with Gasteiger partial charge < -0.3 is 19.4 Å². The number of carbonyl (C=O) groups is 1. The molecule has 2 aromatic carbocycles. The molecule has 1 aromatic heterocycles. The number of hydrogen-bond donors (Lipinski definition) is 1. The molecule has 172 valence electrons. The summed E-state index contributed by atoms with van der Waals surface area (Å²) in [7, 11) is 3.36. The zero-order valence-electron chi connectivity index (χ0n) is 18.6. The van der Waals surface area contributed by atoms with Gasteiger partial charge in [-0.2, -0.15) is 4.98 Å². The van der Waals surface area contributed by atoms with Crippen molar-refractivity contribution >= 4 is 35.1 Å². The van der Waals surface area contributed by atoms with Crippen LogP contribution >= 0.6 is 23.4 Å². The molecule has 1 atom stereocenters. The normalized spacial score (nSPS) is 15.0. The summed E-state index contributed by atoms with van der Waals surface area (Å²) in [5, 5.41) is 4.04. The molecule has 1 aliphatic heterocycles. The lowest BCUT2D eigenvalue weighted by Crippen LogP contribution is -2.33. The number of halogens is 1. The molecule has 3 aromatic rings. The number of nitrogens with zero attached hydrogens (tertiary/aromatic N) is 2. The van der Waals surface area contributed by atoms with Crippen LogP contribution in [0.4, 0.5) is 5.82 Å². The minimum absolute atomic E-state index is 0.149. The Kier molecular flexibility index (Phi) is 6.95. The second kappa shape index (κ2) is 9.89. The Hall–Kier alpha value is -2.97. The Morgan fingerprint density at radius 1 is 1.21 bits per heavy atom. The monoisotopic (exact) mass is 485 g/mol. The first kappa shape index (κ1) is 23.2. The number of ether oxygens (including phenoxy) is 2. The second-order valence-corrected chi connectivity index (χ2v) is 8.97. The molecule has 2 heterocycles. The minimum atomic E-state index is -0.434. The highest BCUT2D eigenvalue weighted by atomic mass is 35.5. The van der Waals surface area contributed by atoms with E-state index in [-0.39, 0.29) is 17.9 Å². The molecular weight excluding hydrogens is 462 g/mol. The van der Waals surface area contributed by atoms with Crippen LogP contribution in [-0.2, 0) is 17.6 Å². The number of carbonyl (C=O) groups excluding carboxylic acids is 1. The maximum absolute atomic E-state index is 13.2. The van der Waals surface area contributed by atoms with Crippen molar-refractivity contribution < 1.29 is 14.3 Å². The van der Waals surface area contributed by atoms with Crippen LogP contribution in [0.1, 0.15) is 36.0 Å². The quantitative estimate of drug-likeness (QED) is 0.389. The molecule has 0 fully saturated rings. The molecule has 0 radical (unpaired) electrons. The van der Waals surface area contributed by atoms with Crippen molar-refractivity contribution in [1.82, 2.24) is 9.55 Å². The lowest BCUT2D eigenvalue weighted by Gasteiger charge is -2.28. The lowest BCUT2D eigenvalue weighted by molar-refractivity contribution is -0.116. The predicted octanol–water partition coefficient (Wildman–Crippen LogP) is 4.61. The number of benzene rings is 2. The standard InChI is InChI=1S/C24H24ClN3O4S/c1-4-32-18-9-8-15(11-19(18)31-3)17-12-20(29)26-22-21(17)23(30)27-24(28(22)2)33-13-14-6-5-7-16(25)10-14/h5-11,17H,4,12-13H2,1-3H3,(H,26,29)/t17-/m1/s1. The van der Waals surface area contributed by atoms with Gasteiger partial charge in [0.2, 0.25) is 5.91 Å². The van der Waals surface area contributed by atoms with Crippen LogP contribution in [0.2, 0.25) is 5.02 Å². The van der Waals surface area contributed by atoms with Crippen LogP contribution in [0.25, 0.3) is 0 Å². The lowest BCUT2D eigenvalue weighted by atomic mass is 9.86. The van der Waals surface area contributed by atoms with E-state index in [1.807, 2.05) is 43.3 Å². The molecular formula is C24H24ClN3O4S. The molecule has 0 bridgehead atoms. The molecule has 7 nitrogen and oxygen atoms in total. The summed E-state index contributed by atoms with van der Waals surface area (Å²) in [4.78, 5) is 30.1. The van der Waals surface area contributed by atoms with E-state index in [9.17, 15) is 9.59 Å². The van der Waals surface area contributed by atoms with E-state index in [1.54, 1.807) is 24.8 Å². The van der Waals surface area contributed by atoms with Gasteiger partial charge >= 0.3 is 0 Å². The Bertz CT molecular complexity index is 1260. The van der Waals surface area contributed by atoms with Crippen molar-refractivity contribution in [3.05, 3.63) is 74.5 Å². The molecule has 4 rings (SSSR count). The van der Waals surface area contributed by atoms with E-state index in [0.717, 1.165) is 11.1 Å². The maximum atomic E-state index is 13.2. The molecule has 0 saturated heterocycles. The van der Waals surface area contributed by atoms with Gasteiger partial charge in [0.15, 0.2) is 16.7 Å². The topological polar surface area (TPSA) is 82.5 Å². The first-order chi connectivity index (χ1) is 15.9. The molecule has 0 saturated carbocycles. The number of aromatic nitrogens is 2. The molecule has 33 heavy (non-hydrogen) atoms. The van der Waals surface area contributed by atoms with E-state index < -0.39 is 5.92 Å². The predicted molar refractivity (Wildman–Crippen MR) is 130 cm³/mol. The van der Waals surface area contributed by atoms with E-state index >= 15 is 0 Å². The third kappa shape index (κ3) is 4.86. The average molecular weight is 486 g/mol. The summed E-state index contributed by atoms with van der Waals surface area (Å²) in [6.07, 6.45) is 0.149. The zero-order valence-corrected chi connectivity index (χ0v) is 20.1. The average Bonchev–Trinajstić information content (AvgIpc) is 2.80. The highest BCUT2D eigenvalue weighted by molar-refractivity contribution is 7.98. The molecule has 1 amide bonds. The molecule has 9 heteroatoms. The van der Waals surface area contributed by atoms with Crippen LogP contribution in [0.15, 0.2) is 52.4 Å². The summed E-state index contributed by atoms with van der Waals surface area (Å²) >= 11 is 7.49. The van der Waals surface area contributed by atoms with Gasteiger partial charge in [0.1, 0.15) is 5.82 Å². The van der Waals surface area contributed by atoms with Crippen LogP contribution in [0.3, 0.4) is 0 Å². The Balaban J connectivity index is 1.71. The van der Waals surface area contributed by atoms with E-state index in [1.165, 1.54) is 11.8 Å². The number of nitrogens with one attached hydrogen (secondary N) is 1. The fourth-order valence-corrected chi connectivity index (χ4v) is 5.02. The SMILES string of the molecule is CCOc1ccc([C@H]2CC(=O)Nc3c2c(=O)nc(SCc2cccc(Cl)c2)n3C)cc1OC. The Labute approximate surface area is 201 Å². The van der Waals surface area contributed by atoms with Crippen molar-refractivity contribution in [2.75, 3.05) is 19.0 Å². The molecule has 1 N–H and O–H groups in total. The fraction of sp³-hybridized carbons (Fsp3) is 0.292. The van der Waals surface area contributed by atoms with Crippen molar-refractivity contribution in [1.29, 1.82) is 0 Å². The van der Waals surface area contributed by atoms with E-state index in [0.29, 0.717) is 45.4 Å². The Morgan fingerprint density at radius 2 is 2.03 bits per heavy atom. The summed E-state index contributed by atoms with van der Waals surface area (Å²) in [5.41, 5.74) is 1.93. The van der Waals surface area contributed by atoms with Gasteiger partial charge in [-0.1, -0.05) is 41.6 Å². The fourth-order valence-electron chi connectivity index (χ4n) is 3.90. The van der Waals surface area contributed by atoms with Gasteiger partial charge in [-0.3, -0.25) is 9.59 Å². The number of methoxy groups -OCH3 is 1. The van der Waals surface area contributed by atoms with E-state index in [4.69, 9.17) is 21.1 Å². The second-order valence-electron chi connectivity index (χ2n) is 7.59. The molecule has 0 aliphatic carbocycles. The van der Waals surface area contributed by atoms with Crippen LogP contribution in [0, 0.1) is 0 Å². The van der Waals surface area contributed by atoms with Crippen molar-refractivity contribution in [3.8, 4) is 11.5 Å². The summed E-state index contributed by atoms with van der Waals surface area (Å²) in [5.74, 6) is 1.64. The van der Waals surface area contributed by atoms with Gasteiger partial charge in [0.25, 0.3) is 5.56 Å². The van der Waals surface area contributed by atoms with Crippen molar-refractivity contribution in [3.63, 3.8) is 0 Å². The smallest absolute Gasteiger partial charge is 0.279 e. The van der Waals surface area contributed by atoms with Crippen LogP contribution in [0.5, 0.6) is 11.5 Å². The largest absolute Gasteiger partial charge is 0.493 e. The highest BCUT2D eigenvalue weighted by Gasteiger charge is 2.32. The van der Waals surface area contributed by atoms with Gasteiger partial charge in [-0.05, 0) is 42.3 Å². The number of anilines is 1. The Morgan fingerprint density at radius 3 is 2.76 bits per heavy atom. The van der Waals surface area contributed by atoms with Crippen molar-refractivity contribution in [2.24, 2.45) is 7.05 Å². The third-order valence-corrected chi connectivity index (χ3v) is 6.78. The van der Waals surface area contributed by atoms with Gasteiger partial charge in [0.05, 0.1) is 19.3 Å². The molecule has 0 unspecified atom stereocenters. The minimum Gasteiger partial charge on any atom is -0.493 e. The number of hydrogen-bond acceptors (Lipinski definition) is 6. The zero-order chi connectivity index (χ0) is 23.5.